The molecule has 1 atom stereocenters. The van der Waals surface area contributed by atoms with E-state index in [-0.39, 0.29) is 5.41 Å². The monoisotopic (exact) mass is 219 g/mol. The van der Waals surface area contributed by atoms with Crippen LogP contribution in [0.2, 0.25) is 0 Å². The number of nitrogens with two attached hydrogens (primary N) is 1. The zero-order valence-corrected chi connectivity index (χ0v) is 10.8. The third kappa shape index (κ3) is 6.55. The van der Waals surface area contributed by atoms with Crippen LogP contribution in [0, 0.1) is 5.41 Å². The molecular formula is C11H25NOS. The van der Waals surface area contributed by atoms with Gasteiger partial charge in [0.05, 0.1) is 0 Å². The van der Waals surface area contributed by atoms with Crippen LogP contribution in [0.5, 0.6) is 0 Å². The molecule has 0 rings (SSSR count). The normalized spacial score (nSPS) is 14.7. The molecule has 86 valence electrons. The fraction of sp³-hybridized carbons (Fsp3) is 1.00. The first-order valence-electron chi connectivity index (χ1n) is 5.46. The van der Waals surface area contributed by atoms with Gasteiger partial charge in [-0.25, -0.2) is 0 Å². The van der Waals surface area contributed by atoms with Gasteiger partial charge in [-0.1, -0.05) is 34.1 Å². The smallest absolute Gasteiger partial charge is 0.0291 e. The van der Waals surface area contributed by atoms with Crippen molar-refractivity contribution in [2.45, 2.75) is 52.2 Å². The molecule has 0 aliphatic carbocycles. The van der Waals surface area contributed by atoms with Gasteiger partial charge < -0.3 is 5.73 Å². The van der Waals surface area contributed by atoms with E-state index in [1.165, 1.54) is 0 Å². The first-order valence-corrected chi connectivity index (χ1v) is 6.84. The molecule has 2 nitrogen and oxygen atoms in total. The van der Waals surface area contributed by atoms with Crippen molar-refractivity contribution < 1.29 is 4.21 Å². The average molecular weight is 219 g/mol. The van der Waals surface area contributed by atoms with Crippen LogP contribution in [-0.2, 0) is 10.8 Å². The molecule has 0 spiro atoms. The predicted octanol–water partition coefficient (Wildman–Crippen LogP) is 2.30. The van der Waals surface area contributed by atoms with E-state index >= 15 is 0 Å². The van der Waals surface area contributed by atoms with E-state index in [4.69, 9.17) is 5.73 Å². The van der Waals surface area contributed by atoms with Crippen molar-refractivity contribution in [3.8, 4) is 0 Å². The summed E-state index contributed by atoms with van der Waals surface area (Å²) in [6.07, 6.45) is 3.34. The lowest BCUT2D eigenvalue weighted by Gasteiger charge is -2.21. The third-order valence-corrected chi connectivity index (χ3v) is 4.27. The molecule has 0 heterocycles. The fourth-order valence-electron chi connectivity index (χ4n) is 1.19. The molecule has 0 aromatic rings. The summed E-state index contributed by atoms with van der Waals surface area (Å²) in [5.41, 5.74) is 5.89. The van der Waals surface area contributed by atoms with E-state index in [0.29, 0.717) is 5.25 Å². The second-order valence-corrected chi connectivity index (χ2v) is 7.07. The van der Waals surface area contributed by atoms with E-state index in [1.807, 2.05) is 13.8 Å². The summed E-state index contributed by atoms with van der Waals surface area (Å²) in [5, 5.41) is 0.303. The van der Waals surface area contributed by atoms with Crippen LogP contribution >= 0.6 is 0 Å². The number of hydrogen-bond donors (Lipinski definition) is 1. The maximum absolute atomic E-state index is 11.4. The highest BCUT2D eigenvalue weighted by atomic mass is 32.2. The second-order valence-electron chi connectivity index (χ2n) is 4.96. The lowest BCUT2D eigenvalue weighted by atomic mass is 9.88. The molecule has 0 bridgehead atoms. The van der Waals surface area contributed by atoms with Gasteiger partial charge in [0.1, 0.15) is 0 Å². The maximum Gasteiger partial charge on any atom is 0.0291 e. The summed E-state index contributed by atoms with van der Waals surface area (Å²) in [6, 6.07) is 0. The Kier molecular flexibility index (Phi) is 6.62. The Balaban J connectivity index is 3.52. The fourth-order valence-corrected chi connectivity index (χ4v) is 2.15. The van der Waals surface area contributed by atoms with Crippen LogP contribution in [0.25, 0.3) is 0 Å². The van der Waals surface area contributed by atoms with Gasteiger partial charge in [0.25, 0.3) is 0 Å². The molecule has 1 unspecified atom stereocenters. The molecule has 0 saturated carbocycles. The standard InChI is InChI=1S/C11H25NOS/c1-10(2)14(13)8-6-5-7-11(3,4)9-12/h10H,5-9,12H2,1-4H3. The molecule has 0 amide bonds. The summed E-state index contributed by atoms with van der Waals surface area (Å²) in [7, 11) is -0.633. The van der Waals surface area contributed by atoms with Crippen molar-refractivity contribution in [2.24, 2.45) is 11.1 Å². The lowest BCUT2D eigenvalue weighted by Crippen LogP contribution is -2.23. The average Bonchev–Trinajstić information content (AvgIpc) is 2.12. The number of hydrogen-bond acceptors (Lipinski definition) is 2. The van der Waals surface area contributed by atoms with Gasteiger partial charge in [-0.15, -0.1) is 0 Å². The van der Waals surface area contributed by atoms with E-state index < -0.39 is 10.8 Å². The first-order chi connectivity index (χ1) is 6.39. The molecule has 0 fully saturated rings. The third-order valence-electron chi connectivity index (χ3n) is 2.53. The summed E-state index contributed by atoms with van der Waals surface area (Å²) >= 11 is 0. The Labute approximate surface area is 91.1 Å². The first kappa shape index (κ1) is 14.1. The van der Waals surface area contributed by atoms with Crippen LogP contribution in [0.1, 0.15) is 47.0 Å². The highest BCUT2D eigenvalue weighted by Crippen LogP contribution is 2.21. The minimum atomic E-state index is -0.633. The maximum atomic E-state index is 11.4. The van der Waals surface area contributed by atoms with Gasteiger partial charge in [0, 0.05) is 21.8 Å². The summed E-state index contributed by atoms with van der Waals surface area (Å²) in [6.45, 7) is 9.14. The molecule has 14 heavy (non-hydrogen) atoms. The van der Waals surface area contributed by atoms with Gasteiger partial charge in [0.15, 0.2) is 0 Å². The highest BCUT2D eigenvalue weighted by Gasteiger charge is 2.14. The molecule has 0 radical (unpaired) electrons. The van der Waals surface area contributed by atoms with Gasteiger partial charge in [0.2, 0.25) is 0 Å². The molecule has 0 aliphatic heterocycles. The van der Waals surface area contributed by atoms with Gasteiger partial charge >= 0.3 is 0 Å². The molecule has 0 saturated heterocycles. The van der Waals surface area contributed by atoms with Crippen LogP contribution in [-0.4, -0.2) is 21.8 Å². The quantitative estimate of drug-likeness (QED) is 0.668. The van der Waals surface area contributed by atoms with E-state index in [9.17, 15) is 4.21 Å². The summed E-state index contributed by atoms with van der Waals surface area (Å²) in [5.74, 6) is 0.846. The van der Waals surface area contributed by atoms with Crippen LogP contribution < -0.4 is 5.73 Å². The predicted molar refractivity (Wildman–Crippen MR) is 64.8 cm³/mol. The summed E-state index contributed by atoms with van der Waals surface area (Å²) in [4.78, 5) is 0. The zero-order chi connectivity index (χ0) is 11.2. The second kappa shape index (κ2) is 6.57. The Morgan fingerprint density at radius 2 is 1.86 bits per heavy atom. The van der Waals surface area contributed by atoms with Gasteiger partial charge in [-0.3, -0.25) is 4.21 Å². The topological polar surface area (TPSA) is 43.1 Å². The Morgan fingerprint density at radius 1 is 1.29 bits per heavy atom. The Morgan fingerprint density at radius 3 is 2.29 bits per heavy atom. The van der Waals surface area contributed by atoms with E-state index in [1.54, 1.807) is 0 Å². The van der Waals surface area contributed by atoms with Crippen molar-refractivity contribution in [3.63, 3.8) is 0 Å². The number of rotatable bonds is 7. The number of unbranched alkanes of at least 4 members (excludes halogenated alkanes) is 1. The van der Waals surface area contributed by atoms with Crippen molar-refractivity contribution in [2.75, 3.05) is 12.3 Å². The Bertz CT molecular complexity index is 178. The van der Waals surface area contributed by atoms with E-state index in [0.717, 1.165) is 31.6 Å². The van der Waals surface area contributed by atoms with Gasteiger partial charge in [-0.05, 0) is 24.8 Å². The van der Waals surface area contributed by atoms with Crippen molar-refractivity contribution >= 4 is 10.8 Å². The van der Waals surface area contributed by atoms with Crippen LogP contribution in [0.15, 0.2) is 0 Å². The Hall–Kier alpha value is 0.110. The zero-order valence-electron chi connectivity index (χ0n) is 10.0. The van der Waals surface area contributed by atoms with Crippen molar-refractivity contribution in [3.05, 3.63) is 0 Å². The van der Waals surface area contributed by atoms with Crippen LogP contribution in [0.3, 0.4) is 0 Å². The molecule has 0 aromatic heterocycles. The van der Waals surface area contributed by atoms with Crippen molar-refractivity contribution in [1.82, 2.24) is 0 Å². The highest BCUT2D eigenvalue weighted by molar-refractivity contribution is 7.85. The SMILES string of the molecule is CC(C)S(=O)CCCCC(C)(C)CN. The minimum Gasteiger partial charge on any atom is -0.330 e. The van der Waals surface area contributed by atoms with Crippen molar-refractivity contribution in [1.29, 1.82) is 0 Å². The molecule has 0 aromatic carbocycles. The molecule has 0 aliphatic rings. The van der Waals surface area contributed by atoms with Crippen LogP contribution in [0.4, 0.5) is 0 Å². The molecular weight excluding hydrogens is 194 g/mol. The molecule has 2 N–H and O–H groups in total. The minimum absolute atomic E-state index is 0.249. The molecule has 3 heteroatoms. The van der Waals surface area contributed by atoms with Gasteiger partial charge in [-0.2, -0.15) is 0 Å². The lowest BCUT2D eigenvalue weighted by molar-refractivity contribution is 0.336. The summed E-state index contributed by atoms with van der Waals surface area (Å²) < 4.78 is 11.4. The van der Waals surface area contributed by atoms with E-state index in [2.05, 4.69) is 13.8 Å². The largest absolute Gasteiger partial charge is 0.330 e.